The van der Waals surface area contributed by atoms with E-state index in [1.165, 1.54) is 48.7 Å². The normalized spacial score (nSPS) is 12.4. The van der Waals surface area contributed by atoms with Crippen molar-refractivity contribution >= 4 is 17.4 Å². The number of benzene rings is 2. The van der Waals surface area contributed by atoms with Gasteiger partial charge in [-0.15, -0.1) is 0 Å². The van der Waals surface area contributed by atoms with Crippen LogP contribution in [-0.2, 0) is 5.41 Å². The zero-order chi connectivity index (χ0) is 21.1. The maximum atomic E-state index is 13.9. The molecule has 0 bridgehead atoms. The van der Waals surface area contributed by atoms with Crippen molar-refractivity contribution in [3.63, 3.8) is 0 Å². The van der Waals surface area contributed by atoms with Gasteiger partial charge in [0, 0.05) is 17.0 Å². The quantitative estimate of drug-likeness (QED) is 0.410. The molecule has 0 heterocycles. The molecule has 2 aromatic carbocycles. The molecule has 0 unspecified atom stereocenters. The second-order valence-corrected chi connectivity index (χ2v) is 8.47. The molecule has 0 aliphatic carbocycles. The molecule has 0 radical (unpaired) electrons. The van der Waals surface area contributed by atoms with E-state index in [0.717, 1.165) is 4.90 Å². The van der Waals surface area contributed by atoms with Gasteiger partial charge in [-0.05, 0) is 30.0 Å². The third-order valence-corrected chi connectivity index (χ3v) is 5.40. The number of rotatable bonds is 6. The predicted octanol–water partition coefficient (Wildman–Crippen LogP) is 4.76. The highest BCUT2D eigenvalue weighted by atomic mass is 32.2. The SMILES string of the molecule is COc1cc(N(N)/C(C)=C(\N)Sc2ccc(C(C)(C)C)cc2)c(OC)cc1F. The van der Waals surface area contributed by atoms with Crippen molar-refractivity contribution in [2.45, 2.75) is 38.0 Å². The first kappa shape index (κ1) is 21.9. The van der Waals surface area contributed by atoms with E-state index in [4.69, 9.17) is 21.1 Å². The molecule has 0 aliphatic rings. The third-order valence-electron chi connectivity index (χ3n) is 4.38. The first-order chi connectivity index (χ1) is 13.1. The van der Waals surface area contributed by atoms with Crippen LogP contribution < -0.4 is 26.1 Å². The highest BCUT2D eigenvalue weighted by molar-refractivity contribution is 8.03. The molecule has 4 N–H and O–H groups in total. The third kappa shape index (κ3) is 4.91. The molecule has 0 atom stereocenters. The Morgan fingerprint density at radius 2 is 1.61 bits per heavy atom. The average molecular weight is 406 g/mol. The van der Waals surface area contributed by atoms with Crippen LogP contribution in [0, 0.1) is 5.82 Å². The van der Waals surface area contributed by atoms with Gasteiger partial charge in [0.1, 0.15) is 11.4 Å². The predicted molar refractivity (Wildman–Crippen MR) is 114 cm³/mol. The van der Waals surface area contributed by atoms with Gasteiger partial charge in [0.15, 0.2) is 11.6 Å². The van der Waals surface area contributed by atoms with Gasteiger partial charge in [0.2, 0.25) is 0 Å². The van der Waals surface area contributed by atoms with Crippen LogP contribution in [0.25, 0.3) is 0 Å². The summed E-state index contributed by atoms with van der Waals surface area (Å²) in [6.07, 6.45) is 0. The summed E-state index contributed by atoms with van der Waals surface area (Å²) in [5.74, 6) is 6.08. The van der Waals surface area contributed by atoms with E-state index >= 15 is 0 Å². The number of anilines is 1. The van der Waals surface area contributed by atoms with Gasteiger partial charge >= 0.3 is 0 Å². The minimum Gasteiger partial charge on any atom is -0.494 e. The van der Waals surface area contributed by atoms with Crippen LogP contribution in [-0.4, -0.2) is 14.2 Å². The monoisotopic (exact) mass is 405 g/mol. The number of thioether (sulfide) groups is 1. The van der Waals surface area contributed by atoms with Crippen molar-refractivity contribution in [3.05, 3.63) is 58.5 Å². The summed E-state index contributed by atoms with van der Waals surface area (Å²) in [6.45, 7) is 8.31. The number of halogens is 1. The molecule has 0 amide bonds. The molecule has 0 aliphatic heterocycles. The smallest absolute Gasteiger partial charge is 0.168 e. The lowest BCUT2D eigenvalue weighted by molar-refractivity contribution is 0.377. The Balaban J connectivity index is 2.30. The maximum absolute atomic E-state index is 13.9. The largest absolute Gasteiger partial charge is 0.494 e. The van der Waals surface area contributed by atoms with E-state index in [1.54, 1.807) is 6.92 Å². The van der Waals surface area contributed by atoms with Gasteiger partial charge in [0.25, 0.3) is 0 Å². The lowest BCUT2D eigenvalue weighted by atomic mass is 9.87. The van der Waals surface area contributed by atoms with Crippen molar-refractivity contribution in [3.8, 4) is 11.5 Å². The van der Waals surface area contributed by atoms with E-state index in [0.29, 0.717) is 16.4 Å². The number of methoxy groups -OCH3 is 2. The van der Waals surface area contributed by atoms with Crippen molar-refractivity contribution in [1.82, 2.24) is 0 Å². The summed E-state index contributed by atoms with van der Waals surface area (Å²) in [5.41, 5.74) is 8.68. The Morgan fingerprint density at radius 3 is 2.11 bits per heavy atom. The lowest BCUT2D eigenvalue weighted by Crippen LogP contribution is -2.31. The Hall–Kier alpha value is -2.38. The molecular weight excluding hydrogens is 377 g/mol. The van der Waals surface area contributed by atoms with Crippen molar-refractivity contribution in [1.29, 1.82) is 0 Å². The summed E-state index contributed by atoms with van der Waals surface area (Å²) >= 11 is 1.41. The van der Waals surface area contributed by atoms with Crippen molar-refractivity contribution in [2.75, 3.05) is 19.2 Å². The fraction of sp³-hybridized carbons (Fsp3) is 0.333. The summed E-state index contributed by atoms with van der Waals surface area (Å²) in [5, 5.41) is 1.89. The van der Waals surface area contributed by atoms with Gasteiger partial charge in [-0.3, -0.25) is 5.01 Å². The van der Waals surface area contributed by atoms with Crippen LogP contribution in [0.15, 0.2) is 52.0 Å². The average Bonchev–Trinajstić information content (AvgIpc) is 2.66. The highest BCUT2D eigenvalue weighted by Crippen LogP contribution is 2.36. The Labute approximate surface area is 170 Å². The molecule has 0 saturated carbocycles. The number of ether oxygens (including phenoxy) is 2. The number of hydrogen-bond acceptors (Lipinski definition) is 6. The molecule has 28 heavy (non-hydrogen) atoms. The van der Waals surface area contributed by atoms with E-state index < -0.39 is 5.82 Å². The van der Waals surface area contributed by atoms with E-state index in [2.05, 4.69) is 32.9 Å². The second-order valence-electron chi connectivity index (χ2n) is 7.35. The van der Waals surface area contributed by atoms with Crippen LogP contribution in [0.2, 0.25) is 0 Å². The van der Waals surface area contributed by atoms with Crippen LogP contribution in [0.3, 0.4) is 0 Å². The Kier molecular flexibility index (Phi) is 6.85. The van der Waals surface area contributed by atoms with Crippen LogP contribution in [0.1, 0.15) is 33.3 Å². The van der Waals surface area contributed by atoms with Gasteiger partial charge in [0.05, 0.1) is 24.9 Å². The molecular formula is C21H28FN3O2S. The van der Waals surface area contributed by atoms with E-state index in [-0.39, 0.29) is 16.9 Å². The molecule has 152 valence electrons. The first-order valence-corrected chi connectivity index (χ1v) is 9.61. The maximum Gasteiger partial charge on any atom is 0.168 e. The second kappa shape index (κ2) is 8.75. The van der Waals surface area contributed by atoms with Crippen molar-refractivity contribution < 1.29 is 13.9 Å². The molecule has 0 fully saturated rings. The van der Waals surface area contributed by atoms with Gasteiger partial charge in [-0.1, -0.05) is 44.7 Å². The Morgan fingerprint density at radius 1 is 1.04 bits per heavy atom. The molecule has 0 saturated heterocycles. The lowest BCUT2D eigenvalue weighted by Gasteiger charge is -2.24. The molecule has 2 aromatic rings. The van der Waals surface area contributed by atoms with Gasteiger partial charge in [-0.25, -0.2) is 10.2 Å². The molecule has 0 spiro atoms. The number of allylic oxidation sites excluding steroid dienone is 1. The van der Waals surface area contributed by atoms with Gasteiger partial charge < -0.3 is 15.2 Å². The Bertz CT molecular complexity index is 861. The van der Waals surface area contributed by atoms with E-state index in [9.17, 15) is 4.39 Å². The zero-order valence-electron chi connectivity index (χ0n) is 17.2. The van der Waals surface area contributed by atoms with Crippen LogP contribution in [0.5, 0.6) is 11.5 Å². The summed E-state index contributed by atoms with van der Waals surface area (Å²) in [7, 11) is 2.84. The number of nitrogens with two attached hydrogens (primary N) is 2. The van der Waals surface area contributed by atoms with Gasteiger partial charge in [-0.2, -0.15) is 0 Å². The van der Waals surface area contributed by atoms with Crippen LogP contribution in [0.4, 0.5) is 10.1 Å². The summed E-state index contributed by atoms with van der Waals surface area (Å²) in [6, 6.07) is 11.0. The summed E-state index contributed by atoms with van der Waals surface area (Å²) in [4.78, 5) is 1.00. The van der Waals surface area contributed by atoms with E-state index in [1.807, 2.05) is 12.1 Å². The molecule has 2 rings (SSSR count). The standard InChI is InChI=1S/C21H28FN3O2S/c1-13(20(23)28-15-9-7-14(8-10-15)21(2,3)4)25(24)17-12-18(26-5)16(22)11-19(17)27-6/h7-12H,23-24H2,1-6H3/b20-13+. The fourth-order valence-corrected chi connectivity index (χ4v) is 3.33. The fourth-order valence-electron chi connectivity index (χ4n) is 2.56. The molecule has 5 nitrogen and oxygen atoms in total. The van der Waals surface area contributed by atoms with Crippen molar-refractivity contribution in [2.24, 2.45) is 11.6 Å². The molecule has 7 heteroatoms. The first-order valence-electron chi connectivity index (χ1n) is 8.79. The molecule has 0 aromatic heterocycles. The minimum absolute atomic E-state index is 0.0723. The van der Waals surface area contributed by atoms with Crippen LogP contribution >= 0.6 is 11.8 Å². The summed E-state index contributed by atoms with van der Waals surface area (Å²) < 4.78 is 24.2. The zero-order valence-corrected chi connectivity index (χ0v) is 18.0. The topological polar surface area (TPSA) is 73.7 Å². The highest BCUT2D eigenvalue weighted by Gasteiger charge is 2.18. The number of hydrazine groups is 1. The number of hydrogen-bond donors (Lipinski definition) is 2. The number of nitrogens with zero attached hydrogens (tertiary/aromatic N) is 1. The minimum atomic E-state index is -0.528.